The number of fused-ring (bicyclic) bond motifs is 2. The zero-order chi connectivity index (χ0) is 19.8. The minimum absolute atomic E-state index is 0.0937. The van der Waals surface area contributed by atoms with Gasteiger partial charge in [0.15, 0.2) is 11.5 Å². The van der Waals surface area contributed by atoms with Crippen molar-refractivity contribution in [3.05, 3.63) is 65.9 Å². The summed E-state index contributed by atoms with van der Waals surface area (Å²) in [4.78, 5) is 18.6. The molecule has 2 unspecified atom stereocenters. The summed E-state index contributed by atoms with van der Waals surface area (Å²) in [6, 6.07) is 16.1. The second kappa shape index (κ2) is 7.37. The average molecular weight is 390 g/mol. The summed E-state index contributed by atoms with van der Waals surface area (Å²) < 4.78 is 11.1. The van der Waals surface area contributed by atoms with Crippen molar-refractivity contribution >= 4 is 16.9 Å². The smallest absolute Gasteiger partial charge is 0.307 e. The van der Waals surface area contributed by atoms with E-state index in [2.05, 4.69) is 22.0 Å². The number of hydrogen-bond acceptors (Lipinski definition) is 5. The van der Waals surface area contributed by atoms with Crippen LogP contribution >= 0.6 is 0 Å². The lowest BCUT2D eigenvalue weighted by Crippen LogP contribution is -2.41. The van der Waals surface area contributed by atoms with Crippen molar-refractivity contribution in [2.75, 3.05) is 19.9 Å². The molecule has 6 heteroatoms. The van der Waals surface area contributed by atoms with Gasteiger partial charge in [-0.25, -0.2) is 0 Å². The molecule has 0 aliphatic carbocycles. The maximum absolute atomic E-state index is 11.6. The van der Waals surface area contributed by atoms with Crippen LogP contribution in [0, 0.1) is 5.92 Å². The van der Waals surface area contributed by atoms with Crippen molar-refractivity contribution in [2.45, 2.75) is 18.9 Å². The Morgan fingerprint density at radius 3 is 2.86 bits per heavy atom. The molecule has 2 aromatic carbocycles. The van der Waals surface area contributed by atoms with Crippen LogP contribution in [0.4, 0.5) is 0 Å². The zero-order valence-corrected chi connectivity index (χ0v) is 16.0. The van der Waals surface area contributed by atoms with Gasteiger partial charge in [-0.2, -0.15) is 0 Å². The van der Waals surface area contributed by atoms with Crippen molar-refractivity contribution in [2.24, 2.45) is 5.92 Å². The van der Waals surface area contributed by atoms with E-state index < -0.39 is 5.97 Å². The van der Waals surface area contributed by atoms with E-state index in [9.17, 15) is 9.90 Å². The van der Waals surface area contributed by atoms with E-state index in [-0.39, 0.29) is 18.8 Å². The summed E-state index contributed by atoms with van der Waals surface area (Å²) >= 11 is 0. The third-order valence-electron chi connectivity index (χ3n) is 5.81. The number of piperidine rings is 1. The Morgan fingerprint density at radius 2 is 1.97 bits per heavy atom. The van der Waals surface area contributed by atoms with Crippen molar-refractivity contribution in [1.29, 1.82) is 0 Å². The highest BCUT2D eigenvalue weighted by Gasteiger charge is 2.32. The number of likely N-dealkylation sites (tertiary alicyclic amines) is 1. The molecular formula is C23H22N2O4. The van der Waals surface area contributed by atoms with Crippen LogP contribution < -0.4 is 9.47 Å². The number of aromatic nitrogens is 1. The van der Waals surface area contributed by atoms with Crippen LogP contribution in [0.2, 0.25) is 0 Å². The molecule has 3 aromatic rings. The first-order valence-electron chi connectivity index (χ1n) is 9.90. The van der Waals surface area contributed by atoms with Crippen LogP contribution in [0.5, 0.6) is 11.5 Å². The summed E-state index contributed by atoms with van der Waals surface area (Å²) in [5, 5.41) is 10.6. The lowest BCUT2D eigenvalue weighted by Gasteiger charge is -2.37. The number of hydrogen-bond donors (Lipinski definition) is 1. The van der Waals surface area contributed by atoms with Gasteiger partial charge in [-0.05, 0) is 54.8 Å². The number of carboxylic acid groups (broad SMARTS) is 1. The van der Waals surface area contributed by atoms with Crippen LogP contribution in [0.1, 0.15) is 30.0 Å². The Morgan fingerprint density at radius 1 is 1.10 bits per heavy atom. The van der Waals surface area contributed by atoms with Crippen LogP contribution in [0.25, 0.3) is 10.9 Å². The molecule has 2 atom stereocenters. The predicted octanol–water partition coefficient (Wildman–Crippen LogP) is 3.85. The number of pyridine rings is 1. The first kappa shape index (κ1) is 17.9. The fourth-order valence-electron chi connectivity index (χ4n) is 4.38. The second-order valence-corrected chi connectivity index (χ2v) is 7.65. The van der Waals surface area contributed by atoms with E-state index >= 15 is 0 Å². The van der Waals surface area contributed by atoms with E-state index in [1.54, 1.807) is 0 Å². The third-order valence-corrected chi connectivity index (χ3v) is 5.81. The summed E-state index contributed by atoms with van der Waals surface area (Å²) in [5.74, 6) is 0.392. The summed E-state index contributed by atoms with van der Waals surface area (Å²) in [5.41, 5.74) is 3.05. The molecule has 1 saturated heterocycles. The predicted molar refractivity (Wildman–Crippen MR) is 108 cm³/mol. The lowest BCUT2D eigenvalue weighted by atomic mass is 9.91. The largest absolute Gasteiger partial charge is 0.481 e. The van der Waals surface area contributed by atoms with Gasteiger partial charge < -0.3 is 14.6 Å². The van der Waals surface area contributed by atoms with Crippen molar-refractivity contribution < 1.29 is 19.4 Å². The van der Waals surface area contributed by atoms with E-state index in [1.807, 2.05) is 42.6 Å². The van der Waals surface area contributed by atoms with E-state index in [0.717, 1.165) is 52.9 Å². The molecule has 6 nitrogen and oxygen atoms in total. The van der Waals surface area contributed by atoms with Gasteiger partial charge in [0.1, 0.15) is 0 Å². The minimum atomic E-state index is -0.726. The van der Waals surface area contributed by atoms with Gasteiger partial charge in [-0.1, -0.05) is 24.3 Å². The molecule has 3 heterocycles. The van der Waals surface area contributed by atoms with Gasteiger partial charge in [0.25, 0.3) is 0 Å². The van der Waals surface area contributed by atoms with Gasteiger partial charge in [0.05, 0.1) is 17.5 Å². The molecule has 0 saturated carbocycles. The Balaban J connectivity index is 1.59. The maximum Gasteiger partial charge on any atom is 0.307 e. The normalized spacial score (nSPS) is 19.9. The number of aliphatic carboxylic acids is 1. The number of carbonyl (C=O) groups is 1. The highest BCUT2D eigenvalue weighted by Crippen LogP contribution is 2.39. The van der Waals surface area contributed by atoms with Crippen LogP contribution in [-0.4, -0.2) is 40.8 Å². The molecule has 148 valence electrons. The Kier molecular flexibility index (Phi) is 4.56. The number of ether oxygens (including phenoxy) is 2. The SMILES string of the molecule is O=C(O)C1CCCN(C(c2ccc3c(c2)OCO3)c2cnc3ccccc3c2)C1. The van der Waals surface area contributed by atoms with E-state index in [4.69, 9.17) is 9.47 Å². The molecule has 1 fully saturated rings. The topological polar surface area (TPSA) is 71.9 Å². The van der Waals surface area contributed by atoms with Crippen LogP contribution in [0.3, 0.4) is 0 Å². The molecule has 2 aliphatic heterocycles. The second-order valence-electron chi connectivity index (χ2n) is 7.65. The molecule has 0 radical (unpaired) electrons. The van der Waals surface area contributed by atoms with E-state index in [0.29, 0.717) is 6.54 Å². The fraction of sp³-hybridized carbons (Fsp3) is 0.304. The summed E-state index contributed by atoms with van der Waals surface area (Å²) in [6.07, 6.45) is 3.48. The molecular weight excluding hydrogens is 368 g/mol. The maximum atomic E-state index is 11.6. The van der Waals surface area contributed by atoms with Gasteiger partial charge in [-0.15, -0.1) is 0 Å². The van der Waals surface area contributed by atoms with Gasteiger partial charge >= 0.3 is 5.97 Å². The molecule has 2 aliphatic rings. The Hall–Kier alpha value is -3.12. The lowest BCUT2D eigenvalue weighted by molar-refractivity contribution is -0.143. The summed E-state index contributed by atoms with van der Waals surface area (Å²) in [7, 11) is 0. The summed E-state index contributed by atoms with van der Waals surface area (Å²) in [6.45, 7) is 1.59. The van der Waals surface area contributed by atoms with Crippen LogP contribution in [0.15, 0.2) is 54.7 Å². The standard InChI is InChI=1S/C23H22N2O4/c26-23(27)17-5-3-9-25(13-17)22(16-7-8-20-21(11-16)29-14-28-20)18-10-15-4-1-2-6-19(15)24-12-18/h1-2,4,6-8,10-12,17,22H,3,5,9,13-14H2,(H,26,27). The fourth-order valence-corrected chi connectivity index (χ4v) is 4.38. The first-order valence-corrected chi connectivity index (χ1v) is 9.90. The van der Waals surface area contributed by atoms with Crippen molar-refractivity contribution in [3.63, 3.8) is 0 Å². The Bertz CT molecular complexity index is 1070. The van der Waals surface area contributed by atoms with E-state index in [1.165, 1.54) is 0 Å². The molecule has 29 heavy (non-hydrogen) atoms. The monoisotopic (exact) mass is 390 g/mol. The third kappa shape index (κ3) is 3.40. The Labute approximate surface area is 168 Å². The molecule has 1 aromatic heterocycles. The zero-order valence-electron chi connectivity index (χ0n) is 16.0. The van der Waals surface area contributed by atoms with Crippen molar-refractivity contribution in [3.8, 4) is 11.5 Å². The number of para-hydroxylation sites is 1. The van der Waals surface area contributed by atoms with Crippen LogP contribution in [-0.2, 0) is 4.79 Å². The van der Waals surface area contributed by atoms with Gasteiger partial charge in [-0.3, -0.25) is 14.7 Å². The number of rotatable bonds is 4. The molecule has 0 bridgehead atoms. The number of benzene rings is 2. The highest BCUT2D eigenvalue weighted by atomic mass is 16.7. The van der Waals surface area contributed by atoms with Gasteiger partial charge in [0.2, 0.25) is 6.79 Å². The average Bonchev–Trinajstić information content (AvgIpc) is 3.22. The van der Waals surface area contributed by atoms with Gasteiger partial charge in [0, 0.05) is 18.1 Å². The van der Waals surface area contributed by atoms with Crippen molar-refractivity contribution in [1.82, 2.24) is 9.88 Å². The highest BCUT2D eigenvalue weighted by molar-refractivity contribution is 5.79. The number of nitrogens with zero attached hydrogens (tertiary/aromatic N) is 2. The first-order chi connectivity index (χ1) is 14.2. The molecule has 0 spiro atoms. The minimum Gasteiger partial charge on any atom is -0.481 e. The number of carboxylic acids is 1. The molecule has 0 amide bonds. The molecule has 1 N–H and O–H groups in total. The quantitative estimate of drug-likeness (QED) is 0.730. The molecule has 5 rings (SSSR count).